The molecule has 1 saturated heterocycles. The van der Waals surface area contributed by atoms with Gasteiger partial charge in [-0.05, 0) is 31.7 Å². The van der Waals surface area contributed by atoms with E-state index in [-0.39, 0.29) is 17.6 Å². The molecule has 2 amide bonds. The zero-order valence-electron chi connectivity index (χ0n) is 17.8. The van der Waals surface area contributed by atoms with Gasteiger partial charge in [-0.25, -0.2) is 0 Å². The number of hydrogen-bond acceptors (Lipinski definition) is 5. The second-order valence-electron chi connectivity index (χ2n) is 7.92. The van der Waals surface area contributed by atoms with E-state index in [1.165, 1.54) is 0 Å². The van der Waals surface area contributed by atoms with Crippen LogP contribution in [0.2, 0.25) is 0 Å². The van der Waals surface area contributed by atoms with Crippen LogP contribution < -0.4 is 5.32 Å². The number of rotatable bonds is 5. The van der Waals surface area contributed by atoms with Crippen molar-refractivity contribution in [3.8, 4) is 11.3 Å². The Morgan fingerprint density at radius 1 is 1.00 bits per heavy atom. The highest BCUT2D eigenvalue weighted by molar-refractivity contribution is 5.94. The number of benzene rings is 2. The van der Waals surface area contributed by atoms with E-state index in [0.717, 1.165) is 42.9 Å². The molecule has 0 aliphatic carbocycles. The summed E-state index contributed by atoms with van der Waals surface area (Å²) in [5.74, 6) is -0.116. The van der Waals surface area contributed by atoms with Gasteiger partial charge in [0.25, 0.3) is 11.8 Å². The van der Waals surface area contributed by atoms with Crippen LogP contribution in [0.3, 0.4) is 0 Å². The number of amides is 2. The summed E-state index contributed by atoms with van der Waals surface area (Å²) in [5, 5.41) is 6.82. The Morgan fingerprint density at radius 2 is 1.68 bits per heavy atom. The lowest BCUT2D eigenvalue weighted by Gasteiger charge is -2.32. The van der Waals surface area contributed by atoms with Crippen molar-refractivity contribution in [2.75, 3.05) is 33.2 Å². The Balaban J connectivity index is 1.32. The minimum absolute atomic E-state index is 0.0500. The van der Waals surface area contributed by atoms with E-state index in [1.54, 1.807) is 6.07 Å². The van der Waals surface area contributed by atoms with E-state index in [4.69, 9.17) is 4.52 Å². The maximum absolute atomic E-state index is 12.6. The Hall–Kier alpha value is -3.45. The summed E-state index contributed by atoms with van der Waals surface area (Å²) in [4.78, 5) is 29.1. The Labute approximate surface area is 181 Å². The zero-order valence-corrected chi connectivity index (χ0v) is 17.8. The molecule has 3 aromatic rings. The van der Waals surface area contributed by atoms with Crippen molar-refractivity contribution in [2.24, 2.45) is 0 Å². The van der Waals surface area contributed by atoms with Crippen LogP contribution in [0.15, 0.2) is 59.1 Å². The predicted octanol–water partition coefficient (Wildman–Crippen LogP) is 2.97. The SMILES string of the molecule is Cc1ccc(-c2cc(C(=O)NCc3ccc(C(=O)N4CCN(C)CC4)cc3)on2)cc1. The molecule has 7 heteroatoms. The summed E-state index contributed by atoms with van der Waals surface area (Å²) in [6, 6.07) is 16.9. The van der Waals surface area contributed by atoms with Gasteiger partial charge in [0.15, 0.2) is 0 Å². The van der Waals surface area contributed by atoms with Gasteiger partial charge in [0, 0.05) is 49.9 Å². The molecule has 1 aliphatic rings. The summed E-state index contributed by atoms with van der Waals surface area (Å²) in [6.07, 6.45) is 0. The van der Waals surface area contributed by atoms with Crippen LogP contribution in [-0.4, -0.2) is 60.0 Å². The smallest absolute Gasteiger partial charge is 0.290 e. The fourth-order valence-corrected chi connectivity index (χ4v) is 3.47. The van der Waals surface area contributed by atoms with Crippen LogP contribution >= 0.6 is 0 Å². The number of nitrogens with zero attached hydrogens (tertiary/aromatic N) is 3. The van der Waals surface area contributed by atoms with Crippen molar-refractivity contribution in [3.05, 3.63) is 77.0 Å². The quantitative estimate of drug-likeness (QED) is 0.689. The summed E-state index contributed by atoms with van der Waals surface area (Å²) in [5.41, 5.74) is 4.24. The second kappa shape index (κ2) is 9.14. The number of carbonyl (C=O) groups excluding carboxylic acids is 2. The first-order valence-electron chi connectivity index (χ1n) is 10.4. The Morgan fingerprint density at radius 3 is 2.35 bits per heavy atom. The number of aryl methyl sites for hydroxylation is 1. The van der Waals surface area contributed by atoms with Gasteiger partial charge < -0.3 is 19.6 Å². The molecule has 0 bridgehead atoms. The van der Waals surface area contributed by atoms with Crippen LogP contribution in [0.4, 0.5) is 0 Å². The van der Waals surface area contributed by atoms with E-state index in [9.17, 15) is 9.59 Å². The minimum Gasteiger partial charge on any atom is -0.350 e. The zero-order chi connectivity index (χ0) is 21.8. The van der Waals surface area contributed by atoms with E-state index >= 15 is 0 Å². The molecule has 7 nitrogen and oxygen atoms in total. The summed E-state index contributed by atoms with van der Waals surface area (Å²) >= 11 is 0. The standard InChI is InChI=1S/C24H26N4O3/c1-17-3-7-19(8-4-17)21-15-22(31-26-21)23(29)25-16-18-5-9-20(10-6-18)24(30)28-13-11-27(2)12-14-28/h3-10,15H,11-14,16H2,1-2H3,(H,25,29). The number of nitrogens with one attached hydrogen (secondary N) is 1. The summed E-state index contributed by atoms with van der Waals surface area (Å²) in [7, 11) is 2.06. The van der Waals surface area contributed by atoms with Crippen molar-refractivity contribution in [3.63, 3.8) is 0 Å². The van der Waals surface area contributed by atoms with Crippen molar-refractivity contribution in [1.29, 1.82) is 0 Å². The highest BCUT2D eigenvalue weighted by Crippen LogP contribution is 2.19. The molecule has 0 spiro atoms. The molecule has 1 aromatic heterocycles. The number of likely N-dealkylation sites (N-methyl/N-ethyl adjacent to an activating group) is 1. The molecule has 0 saturated carbocycles. The predicted molar refractivity (Wildman–Crippen MR) is 118 cm³/mol. The highest BCUT2D eigenvalue weighted by Gasteiger charge is 2.20. The lowest BCUT2D eigenvalue weighted by Crippen LogP contribution is -2.47. The number of piperazine rings is 1. The normalized spacial score (nSPS) is 14.5. The van der Waals surface area contributed by atoms with Crippen LogP contribution in [0.25, 0.3) is 11.3 Å². The molecule has 1 N–H and O–H groups in total. The lowest BCUT2D eigenvalue weighted by atomic mass is 10.1. The largest absolute Gasteiger partial charge is 0.350 e. The summed E-state index contributed by atoms with van der Waals surface area (Å²) in [6.45, 7) is 5.62. The molecule has 0 atom stereocenters. The maximum Gasteiger partial charge on any atom is 0.290 e. The molecular formula is C24H26N4O3. The molecule has 1 fully saturated rings. The second-order valence-corrected chi connectivity index (χ2v) is 7.92. The molecule has 0 radical (unpaired) electrons. The highest BCUT2D eigenvalue weighted by atomic mass is 16.5. The first kappa shape index (κ1) is 20.8. The minimum atomic E-state index is -0.330. The average Bonchev–Trinajstić information content (AvgIpc) is 3.29. The van der Waals surface area contributed by atoms with Gasteiger partial charge in [-0.15, -0.1) is 0 Å². The number of hydrogen-bond donors (Lipinski definition) is 1. The molecule has 31 heavy (non-hydrogen) atoms. The van der Waals surface area contributed by atoms with Crippen LogP contribution in [0.5, 0.6) is 0 Å². The molecule has 1 aliphatic heterocycles. The molecule has 0 unspecified atom stereocenters. The van der Waals surface area contributed by atoms with Gasteiger partial charge in [-0.1, -0.05) is 47.1 Å². The van der Waals surface area contributed by atoms with E-state index in [0.29, 0.717) is 17.8 Å². The van der Waals surface area contributed by atoms with E-state index in [2.05, 4.69) is 22.4 Å². The van der Waals surface area contributed by atoms with Crippen molar-refractivity contribution in [2.45, 2.75) is 13.5 Å². The van der Waals surface area contributed by atoms with Crippen molar-refractivity contribution in [1.82, 2.24) is 20.3 Å². The van der Waals surface area contributed by atoms with Gasteiger partial charge in [0.2, 0.25) is 5.76 Å². The number of aromatic nitrogens is 1. The third kappa shape index (κ3) is 5.00. The monoisotopic (exact) mass is 418 g/mol. The number of carbonyl (C=O) groups is 2. The topological polar surface area (TPSA) is 78.7 Å². The van der Waals surface area contributed by atoms with Crippen LogP contribution in [-0.2, 0) is 6.54 Å². The fourth-order valence-electron chi connectivity index (χ4n) is 3.47. The van der Waals surface area contributed by atoms with Crippen LogP contribution in [0, 0.1) is 6.92 Å². The molecule has 2 heterocycles. The molecule has 2 aromatic carbocycles. The van der Waals surface area contributed by atoms with Gasteiger partial charge >= 0.3 is 0 Å². The first-order chi connectivity index (χ1) is 15.0. The first-order valence-corrected chi connectivity index (χ1v) is 10.4. The Bertz CT molecular complexity index is 1050. The van der Waals surface area contributed by atoms with Crippen molar-refractivity contribution >= 4 is 11.8 Å². The van der Waals surface area contributed by atoms with Gasteiger partial charge in [-0.3, -0.25) is 9.59 Å². The molecular weight excluding hydrogens is 392 g/mol. The summed E-state index contributed by atoms with van der Waals surface area (Å²) < 4.78 is 5.21. The molecule has 4 rings (SSSR count). The van der Waals surface area contributed by atoms with Gasteiger partial charge in [-0.2, -0.15) is 0 Å². The third-order valence-electron chi connectivity index (χ3n) is 5.53. The van der Waals surface area contributed by atoms with E-state index in [1.807, 2.05) is 60.4 Å². The molecule has 160 valence electrons. The van der Waals surface area contributed by atoms with Crippen molar-refractivity contribution < 1.29 is 14.1 Å². The Kier molecular flexibility index (Phi) is 6.13. The third-order valence-corrected chi connectivity index (χ3v) is 5.53. The van der Waals surface area contributed by atoms with E-state index < -0.39 is 0 Å². The maximum atomic E-state index is 12.6. The van der Waals surface area contributed by atoms with Gasteiger partial charge in [0.05, 0.1) is 0 Å². The fraction of sp³-hybridized carbons (Fsp3) is 0.292. The van der Waals surface area contributed by atoms with Crippen LogP contribution in [0.1, 0.15) is 32.0 Å². The average molecular weight is 418 g/mol. The van der Waals surface area contributed by atoms with Gasteiger partial charge in [0.1, 0.15) is 5.69 Å². The lowest BCUT2D eigenvalue weighted by molar-refractivity contribution is 0.0664.